The van der Waals surface area contributed by atoms with Gasteiger partial charge in [-0.15, -0.1) is 0 Å². The van der Waals surface area contributed by atoms with Gasteiger partial charge in [-0.05, 0) is 56.6 Å². The van der Waals surface area contributed by atoms with Crippen molar-refractivity contribution in [1.82, 2.24) is 20.1 Å². The molecule has 37 heavy (non-hydrogen) atoms. The van der Waals surface area contributed by atoms with Crippen LogP contribution in [0.1, 0.15) is 62.9 Å². The third-order valence-electron chi connectivity index (χ3n) is 8.31. The van der Waals surface area contributed by atoms with E-state index in [0.29, 0.717) is 12.8 Å². The van der Waals surface area contributed by atoms with Crippen LogP contribution in [0.2, 0.25) is 0 Å². The van der Waals surface area contributed by atoms with E-state index in [-0.39, 0.29) is 52.8 Å². The van der Waals surface area contributed by atoms with E-state index in [1.165, 1.54) is 22.9 Å². The largest absolute Gasteiger partial charge is 0.350 e. The molecule has 8 nitrogen and oxygen atoms in total. The number of H-pyrrole nitrogens is 1. The maximum Gasteiger partial charge on any atom is 0.270 e. The summed E-state index contributed by atoms with van der Waals surface area (Å²) in [5, 5.41) is 13.1. The summed E-state index contributed by atoms with van der Waals surface area (Å²) in [5.74, 6) is -2.55. The molecule has 0 unspecified atom stereocenters. The summed E-state index contributed by atoms with van der Waals surface area (Å²) in [6.45, 7) is 3.99. The Morgan fingerprint density at radius 3 is 2.54 bits per heavy atom. The molecule has 10 heteroatoms. The van der Waals surface area contributed by atoms with Crippen LogP contribution >= 0.6 is 0 Å². The molecule has 2 aromatic rings. The minimum Gasteiger partial charge on any atom is -0.350 e. The number of likely N-dealkylation sites (tertiary alicyclic amines) is 1. The molecule has 3 atom stereocenters. The molecule has 3 heterocycles. The van der Waals surface area contributed by atoms with Gasteiger partial charge in [0.15, 0.2) is 0 Å². The summed E-state index contributed by atoms with van der Waals surface area (Å²) in [5.41, 5.74) is -0.729. The molecular formula is C27H31F2N5O3. The Balaban J connectivity index is 1.40. The first kappa shape index (κ1) is 25.2. The van der Waals surface area contributed by atoms with Crippen molar-refractivity contribution in [2.45, 2.75) is 70.0 Å². The SMILES string of the molecule is CC(C)C[C@@H](C(=O)N1C[C@]2(CCC3(CC3)NC2=O)C[C@H]1C#N)N(C)C(=O)c1cc2c(F)cc(F)cc2[nH]1. The number of aromatic amines is 1. The van der Waals surface area contributed by atoms with Crippen LogP contribution in [0.5, 0.6) is 0 Å². The number of piperidine rings is 1. The lowest BCUT2D eigenvalue weighted by Crippen LogP contribution is -2.55. The standard InChI is InChI=1S/C27H31F2N5O3/c1-15(2)8-22(33(3)23(35)21-11-18-19(29)9-16(28)10-20(18)31-21)24(36)34-14-26(12-17(34)13-30)4-5-27(6-7-27)32-25(26)37/h9-11,15,17,22,31H,4-8,12,14H2,1-3H3,(H,32,37)/t17-,22-,26-/m0/s1. The van der Waals surface area contributed by atoms with Gasteiger partial charge < -0.3 is 20.1 Å². The maximum absolute atomic E-state index is 14.2. The van der Waals surface area contributed by atoms with Gasteiger partial charge in [-0.3, -0.25) is 14.4 Å². The Morgan fingerprint density at radius 1 is 1.22 bits per heavy atom. The van der Waals surface area contributed by atoms with Crippen LogP contribution < -0.4 is 5.32 Å². The van der Waals surface area contributed by atoms with Gasteiger partial charge in [0.1, 0.15) is 29.4 Å². The normalized spacial score (nSPS) is 24.9. The highest BCUT2D eigenvalue weighted by atomic mass is 19.1. The van der Waals surface area contributed by atoms with E-state index in [0.717, 1.165) is 31.4 Å². The third kappa shape index (κ3) is 4.34. The van der Waals surface area contributed by atoms with Gasteiger partial charge in [-0.1, -0.05) is 13.8 Å². The molecule has 196 valence electrons. The van der Waals surface area contributed by atoms with Crippen LogP contribution in [0.4, 0.5) is 8.78 Å². The highest BCUT2D eigenvalue weighted by molar-refractivity contribution is 6.00. The van der Waals surface area contributed by atoms with Crippen molar-refractivity contribution in [2.75, 3.05) is 13.6 Å². The number of halogens is 2. The summed E-state index contributed by atoms with van der Waals surface area (Å²) in [7, 11) is 1.49. The molecule has 2 aliphatic heterocycles. The van der Waals surface area contributed by atoms with Crippen molar-refractivity contribution in [1.29, 1.82) is 5.26 Å². The average molecular weight is 512 g/mol. The van der Waals surface area contributed by atoms with Crippen molar-refractivity contribution in [2.24, 2.45) is 11.3 Å². The number of carbonyl (C=O) groups is 3. The molecule has 3 amide bonds. The van der Waals surface area contributed by atoms with E-state index in [9.17, 15) is 28.4 Å². The minimum atomic E-state index is -0.895. The van der Waals surface area contributed by atoms with E-state index in [2.05, 4.69) is 16.4 Å². The third-order valence-corrected chi connectivity index (χ3v) is 8.31. The molecule has 1 aromatic heterocycles. The molecule has 5 rings (SSSR count). The molecule has 1 saturated carbocycles. The van der Waals surface area contributed by atoms with Crippen LogP contribution in [0.15, 0.2) is 18.2 Å². The van der Waals surface area contributed by atoms with Crippen LogP contribution in [0, 0.1) is 34.3 Å². The van der Waals surface area contributed by atoms with Gasteiger partial charge in [-0.25, -0.2) is 8.78 Å². The molecule has 2 saturated heterocycles. The molecule has 2 spiro atoms. The molecule has 3 aliphatic rings. The Bertz CT molecular complexity index is 1330. The Kier molecular flexibility index (Phi) is 6.00. The number of benzene rings is 1. The first-order chi connectivity index (χ1) is 17.5. The van der Waals surface area contributed by atoms with Gasteiger partial charge in [0, 0.05) is 30.6 Å². The zero-order valence-corrected chi connectivity index (χ0v) is 21.2. The van der Waals surface area contributed by atoms with E-state index < -0.39 is 35.0 Å². The van der Waals surface area contributed by atoms with Gasteiger partial charge in [0.2, 0.25) is 11.8 Å². The van der Waals surface area contributed by atoms with E-state index in [1.54, 1.807) is 0 Å². The quantitative estimate of drug-likeness (QED) is 0.641. The number of rotatable bonds is 5. The van der Waals surface area contributed by atoms with Crippen molar-refractivity contribution in [3.63, 3.8) is 0 Å². The first-order valence-electron chi connectivity index (χ1n) is 12.8. The van der Waals surface area contributed by atoms with Gasteiger partial charge >= 0.3 is 0 Å². The van der Waals surface area contributed by atoms with Crippen LogP contribution in [-0.4, -0.2) is 63.7 Å². The van der Waals surface area contributed by atoms with E-state index in [1.807, 2.05) is 13.8 Å². The fourth-order valence-corrected chi connectivity index (χ4v) is 5.90. The predicted octanol–water partition coefficient (Wildman–Crippen LogP) is 3.49. The monoisotopic (exact) mass is 511 g/mol. The molecule has 0 radical (unpaired) electrons. The second-order valence-corrected chi connectivity index (χ2v) is 11.4. The highest BCUT2D eigenvalue weighted by Crippen LogP contribution is 2.50. The van der Waals surface area contributed by atoms with E-state index in [4.69, 9.17) is 0 Å². The first-order valence-corrected chi connectivity index (χ1v) is 12.8. The van der Waals surface area contributed by atoms with Crippen LogP contribution in [0.25, 0.3) is 10.9 Å². The molecule has 2 N–H and O–H groups in total. The fraction of sp³-hybridized carbons (Fsp3) is 0.556. The smallest absolute Gasteiger partial charge is 0.270 e. The molecule has 1 aromatic carbocycles. The number of aromatic nitrogens is 1. The lowest BCUT2D eigenvalue weighted by molar-refractivity contribution is -0.139. The number of nitriles is 1. The Labute approximate surface area is 214 Å². The van der Waals surface area contributed by atoms with Gasteiger partial charge in [0.05, 0.1) is 17.0 Å². The number of likely N-dealkylation sites (N-methyl/N-ethyl adjacent to an activating group) is 1. The van der Waals surface area contributed by atoms with Crippen molar-refractivity contribution < 1.29 is 23.2 Å². The second-order valence-electron chi connectivity index (χ2n) is 11.4. The number of carbonyl (C=O) groups excluding carboxylic acids is 3. The minimum absolute atomic E-state index is 0.0275. The number of fused-ring (bicyclic) bond motifs is 1. The number of amides is 3. The summed E-state index contributed by atoms with van der Waals surface area (Å²) in [4.78, 5) is 46.0. The second kappa shape index (κ2) is 8.82. The lowest BCUT2D eigenvalue weighted by atomic mass is 9.75. The summed E-state index contributed by atoms with van der Waals surface area (Å²) in [6, 6.07) is 3.70. The van der Waals surface area contributed by atoms with Crippen LogP contribution in [-0.2, 0) is 9.59 Å². The number of hydrogen-bond donors (Lipinski definition) is 2. The number of hydrogen-bond acceptors (Lipinski definition) is 4. The van der Waals surface area contributed by atoms with Gasteiger partial charge in [0.25, 0.3) is 5.91 Å². The summed E-state index contributed by atoms with van der Waals surface area (Å²) >= 11 is 0. The predicted molar refractivity (Wildman–Crippen MR) is 131 cm³/mol. The topological polar surface area (TPSA) is 109 Å². The lowest BCUT2D eigenvalue weighted by Gasteiger charge is -2.37. The zero-order valence-electron chi connectivity index (χ0n) is 21.2. The Morgan fingerprint density at radius 2 is 1.92 bits per heavy atom. The molecule has 0 bridgehead atoms. The van der Waals surface area contributed by atoms with Crippen molar-refractivity contribution >= 4 is 28.6 Å². The maximum atomic E-state index is 14.2. The van der Waals surface area contributed by atoms with Crippen molar-refractivity contribution in [3.8, 4) is 6.07 Å². The van der Waals surface area contributed by atoms with Crippen molar-refractivity contribution in [3.05, 3.63) is 35.5 Å². The van der Waals surface area contributed by atoms with E-state index >= 15 is 0 Å². The molecule has 3 fully saturated rings. The summed E-state index contributed by atoms with van der Waals surface area (Å²) in [6.07, 6.45) is 4.00. The zero-order chi connectivity index (χ0) is 26.7. The average Bonchev–Trinajstić information content (AvgIpc) is 3.28. The number of nitrogens with one attached hydrogen (secondary N) is 2. The summed E-state index contributed by atoms with van der Waals surface area (Å²) < 4.78 is 27.9. The van der Waals surface area contributed by atoms with Gasteiger partial charge in [-0.2, -0.15) is 5.26 Å². The highest BCUT2D eigenvalue weighted by Gasteiger charge is 2.59. The van der Waals surface area contributed by atoms with Crippen LogP contribution in [0.3, 0.4) is 0 Å². The molecule has 1 aliphatic carbocycles. The molecular weight excluding hydrogens is 480 g/mol. The Hall–Kier alpha value is -3.48. The fourth-order valence-electron chi connectivity index (χ4n) is 5.90. The number of nitrogens with zero attached hydrogens (tertiary/aromatic N) is 3.